The van der Waals surface area contributed by atoms with Crippen LogP contribution < -0.4 is 5.32 Å². The second-order valence-corrected chi connectivity index (χ2v) is 4.08. The van der Waals surface area contributed by atoms with Gasteiger partial charge in [0.25, 0.3) is 0 Å². The largest absolute Gasteiger partial charge is 0.310 e. The zero-order valence-corrected chi connectivity index (χ0v) is 10.4. The van der Waals surface area contributed by atoms with Gasteiger partial charge in [-0.1, -0.05) is 26.0 Å². The van der Waals surface area contributed by atoms with Crippen molar-refractivity contribution in [2.24, 2.45) is 0 Å². The van der Waals surface area contributed by atoms with Gasteiger partial charge >= 0.3 is 0 Å². The average Bonchev–Trinajstić information content (AvgIpc) is 2.90. The van der Waals surface area contributed by atoms with Crippen LogP contribution in [0.1, 0.15) is 31.9 Å². The molecule has 0 spiro atoms. The molecule has 3 nitrogen and oxygen atoms in total. The van der Waals surface area contributed by atoms with Crippen LogP contribution in [0.25, 0.3) is 5.69 Å². The number of nitrogens with one attached hydrogen (secondary N) is 1. The van der Waals surface area contributed by atoms with Crippen molar-refractivity contribution in [1.82, 2.24) is 14.9 Å². The summed E-state index contributed by atoms with van der Waals surface area (Å²) in [7, 11) is 0. The van der Waals surface area contributed by atoms with E-state index in [1.165, 1.54) is 5.56 Å². The standard InChI is InChI=1S/C14H19N3/c1-3-14(16-4-2)12-5-7-13(8-6-12)17-10-9-15-11-17/h5-11,14,16H,3-4H2,1-2H3. The predicted octanol–water partition coefficient (Wildman–Crippen LogP) is 2.93. The van der Waals surface area contributed by atoms with Crippen LogP contribution in [0.15, 0.2) is 43.0 Å². The van der Waals surface area contributed by atoms with Crippen LogP contribution in [0.5, 0.6) is 0 Å². The number of aromatic nitrogens is 2. The summed E-state index contributed by atoms with van der Waals surface area (Å²) in [5, 5.41) is 3.48. The Morgan fingerprint density at radius 3 is 2.53 bits per heavy atom. The predicted molar refractivity (Wildman–Crippen MR) is 70.3 cm³/mol. The maximum atomic E-state index is 4.05. The molecule has 0 radical (unpaired) electrons. The van der Waals surface area contributed by atoms with Gasteiger partial charge in [-0.2, -0.15) is 0 Å². The molecule has 0 amide bonds. The van der Waals surface area contributed by atoms with Crippen molar-refractivity contribution in [2.75, 3.05) is 6.54 Å². The molecule has 1 aromatic carbocycles. The van der Waals surface area contributed by atoms with Crippen LogP contribution in [0.2, 0.25) is 0 Å². The van der Waals surface area contributed by atoms with Crippen molar-refractivity contribution in [3.63, 3.8) is 0 Å². The molecule has 1 unspecified atom stereocenters. The summed E-state index contributed by atoms with van der Waals surface area (Å²) in [6.07, 6.45) is 6.67. The lowest BCUT2D eigenvalue weighted by Crippen LogP contribution is -2.19. The highest BCUT2D eigenvalue weighted by atomic mass is 15.0. The summed E-state index contributed by atoms with van der Waals surface area (Å²) in [5.41, 5.74) is 2.50. The fraction of sp³-hybridized carbons (Fsp3) is 0.357. The Morgan fingerprint density at radius 1 is 1.24 bits per heavy atom. The number of imidazole rings is 1. The van der Waals surface area contributed by atoms with Gasteiger partial charge in [0, 0.05) is 24.1 Å². The third-order valence-electron chi connectivity index (χ3n) is 2.96. The first kappa shape index (κ1) is 11.9. The number of rotatable bonds is 5. The van der Waals surface area contributed by atoms with Crippen LogP contribution in [-0.4, -0.2) is 16.1 Å². The molecule has 1 aromatic heterocycles. The van der Waals surface area contributed by atoms with Crippen molar-refractivity contribution in [3.05, 3.63) is 48.5 Å². The molecule has 3 heteroatoms. The normalized spacial score (nSPS) is 12.6. The molecule has 0 saturated carbocycles. The maximum Gasteiger partial charge on any atom is 0.0991 e. The van der Waals surface area contributed by atoms with E-state index < -0.39 is 0 Å². The third-order valence-corrected chi connectivity index (χ3v) is 2.96. The smallest absolute Gasteiger partial charge is 0.0991 e. The van der Waals surface area contributed by atoms with Crippen molar-refractivity contribution in [1.29, 1.82) is 0 Å². The minimum atomic E-state index is 0.455. The van der Waals surface area contributed by atoms with E-state index in [2.05, 4.69) is 48.4 Å². The van der Waals surface area contributed by atoms with Gasteiger partial charge in [0.2, 0.25) is 0 Å². The van der Waals surface area contributed by atoms with E-state index in [0.29, 0.717) is 6.04 Å². The van der Waals surface area contributed by atoms with Crippen molar-refractivity contribution < 1.29 is 0 Å². The number of benzene rings is 1. The molecule has 2 rings (SSSR count). The first-order valence-corrected chi connectivity index (χ1v) is 6.16. The minimum Gasteiger partial charge on any atom is -0.310 e. The average molecular weight is 229 g/mol. The van der Waals surface area contributed by atoms with Gasteiger partial charge in [0.1, 0.15) is 0 Å². The molecule has 0 bridgehead atoms. The minimum absolute atomic E-state index is 0.455. The summed E-state index contributed by atoms with van der Waals surface area (Å²) >= 11 is 0. The molecule has 0 aliphatic rings. The fourth-order valence-corrected chi connectivity index (χ4v) is 2.03. The summed E-state index contributed by atoms with van der Waals surface area (Å²) in [5.74, 6) is 0. The summed E-state index contributed by atoms with van der Waals surface area (Å²) in [6.45, 7) is 5.35. The molecule has 2 aromatic rings. The highest BCUT2D eigenvalue weighted by molar-refractivity contribution is 5.35. The lowest BCUT2D eigenvalue weighted by atomic mass is 10.0. The first-order valence-electron chi connectivity index (χ1n) is 6.16. The summed E-state index contributed by atoms with van der Waals surface area (Å²) < 4.78 is 2.01. The lowest BCUT2D eigenvalue weighted by Gasteiger charge is -2.16. The van der Waals surface area contributed by atoms with Gasteiger partial charge in [0.05, 0.1) is 6.33 Å². The Labute approximate surface area is 103 Å². The molecule has 1 N–H and O–H groups in total. The highest BCUT2D eigenvalue weighted by Crippen LogP contribution is 2.18. The van der Waals surface area contributed by atoms with Crippen molar-refractivity contribution >= 4 is 0 Å². The van der Waals surface area contributed by atoms with E-state index in [9.17, 15) is 0 Å². The van der Waals surface area contributed by atoms with Gasteiger partial charge in [-0.3, -0.25) is 0 Å². The Bertz CT molecular complexity index is 431. The SMILES string of the molecule is CCNC(CC)c1ccc(-n2ccnc2)cc1. The number of nitrogens with zero attached hydrogens (tertiary/aromatic N) is 2. The van der Waals surface area contributed by atoms with E-state index in [4.69, 9.17) is 0 Å². The van der Waals surface area contributed by atoms with Gasteiger partial charge in [-0.25, -0.2) is 4.98 Å². The molecule has 1 atom stereocenters. The third kappa shape index (κ3) is 2.74. The van der Waals surface area contributed by atoms with Gasteiger partial charge < -0.3 is 9.88 Å². The quantitative estimate of drug-likeness (QED) is 0.854. The molecular formula is C14H19N3. The molecule has 0 fully saturated rings. The van der Waals surface area contributed by atoms with Crippen molar-refractivity contribution in [3.8, 4) is 5.69 Å². The maximum absolute atomic E-state index is 4.05. The van der Waals surface area contributed by atoms with Crippen molar-refractivity contribution in [2.45, 2.75) is 26.3 Å². The van der Waals surface area contributed by atoms with Gasteiger partial charge in [-0.05, 0) is 30.7 Å². The Morgan fingerprint density at radius 2 is 2.00 bits per heavy atom. The summed E-state index contributed by atoms with van der Waals surface area (Å²) in [4.78, 5) is 4.05. The zero-order chi connectivity index (χ0) is 12.1. The first-order chi connectivity index (χ1) is 8.35. The van der Waals surface area contributed by atoms with Gasteiger partial charge in [0.15, 0.2) is 0 Å². The van der Waals surface area contributed by atoms with Crippen LogP contribution in [0, 0.1) is 0 Å². The fourth-order valence-electron chi connectivity index (χ4n) is 2.03. The zero-order valence-electron chi connectivity index (χ0n) is 10.4. The number of hydrogen-bond donors (Lipinski definition) is 1. The lowest BCUT2D eigenvalue weighted by molar-refractivity contribution is 0.537. The second kappa shape index (κ2) is 5.64. The molecule has 0 saturated heterocycles. The van der Waals surface area contributed by atoms with E-state index in [1.807, 2.05) is 17.1 Å². The molecule has 0 aliphatic heterocycles. The highest BCUT2D eigenvalue weighted by Gasteiger charge is 2.07. The molecule has 0 aliphatic carbocycles. The van der Waals surface area contributed by atoms with Gasteiger partial charge in [-0.15, -0.1) is 0 Å². The molecular weight excluding hydrogens is 210 g/mol. The number of hydrogen-bond acceptors (Lipinski definition) is 2. The van der Waals surface area contributed by atoms with E-state index >= 15 is 0 Å². The topological polar surface area (TPSA) is 29.9 Å². The van der Waals surface area contributed by atoms with E-state index in [1.54, 1.807) is 6.20 Å². The van der Waals surface area contributed by atoms with E-state index in [0.717, 1.165) is 18.7 Å². The molecule has 17 heavy (non-hydrogen) atoms. The monoisotopic (exact) mass is 229 g/mol. The van der Waals surface area contributed by atoms with Crippen LogP contribution in [0.4, 0.5) is 0 Å². The Balaban J connectivity index is 2.17. The van der Waals surface area contributed by atoms with E-state index in [-0.39, 0.29) is 0 Å². The second-order valence-electron chi connectivity index (χ2n) is 4.08. The Kier molecular flexibility index (Phi) is 3.94. The Hall–Kier alpha value is -1.61. The van der Waals surface area contributed by atoms with Crippen LogP contribution in [-0.2, 0) is 0 Å². The van der Waals surface area contributed by atoms with Crippen LogP contribution >= 0.6 is 0 Å². The molecule has 90 valence electrons. The summed E-state index contributed by atoms with van der Waals surface area (Å²) in [6, 6.07) is 9.10. The molecule has 1 heterocycles. The van der Waals surface area contributed by atoms with Crippen LogP contribution in [0.3, 0.4) is 0 Å².